The van der Waals surface area contributed by atoms with Crippen LogP contribution in [0.2, 0.25) is 10.3 Å². The van der Waals surface area contributed by atoms with Gasteiger partial charge in [0.05, 0.1) is 5.69 Å². The van der Waals surface area contributed by atoms with E-state index < -0.39 is 0 Å². The second-order valence-electron chi connectivity index (χ2n) is 3.55. The summed E-state index contributed by atoms with van der Waals surface area (Å²) in [5, 5.41) is 8.11. The van der Waals surface area contributed by atoms with E-state index in [2.05, 4.69) is 15.2 Å². The molecule has 2 aromatic heterocycles. The van der Waals surface area contributed by atoms with Crippen LogP contribution in [0.5, 0.6) is 0 Å². The van der Waals surface area contributed by atoms with Gasteiger partial charge in [0.15, 0.2) is 10.3 Å². The summed E-state index contributed by atoms with van der Waals surface area (Å²) in [6.45, 7) is 0.699. The van der Waals surface area contributed by atoms with Crippen LogP contribution in [0, 0.1) is 0 Å². The minimum absolute atomic E-state index is 0.325. The highest BCUT2D eigenvalue weighted by molar-refractivity contribution is 6.33. The van der Waals surface area contributed by atoms with Crippen molar-refractivity contribution in [3.05, 3.63) is 46.5 Å². The topological polar surface area (TPSA) is 41.9 Å². The minimum Gasteiger partial charge on any atom is -0.368 e. The van der Waals surface area contributed by atoms with Crippen molar-refractivity contribution < 1.29 is 0 Å². The average Bonchev–Trinajstić information content (AvgIpc) is 2.33. The van der Waals surface area contributed by atoms with Gasteiger partial charge in [-0.2, -0.15) is 0 Å². The van der Waals surface area contributed by atoms with Crippen molar-refractivity contribution in [1.29, 1.82) is 0 Å². The van der Waals surface area contributed by atoms with E-state index in [1.165, 1.54) is 0 Å². The lowest BCUT2D eigenvalue weighted by atomic mass is 10.2. The number of pyridine rings is 1. The molecule has 0 saturated carbocycles. The molecule has 0 aliphatic carbocycles. The van der Waals surface area contributed by atoms with Crippen molar-refractivity contribution in [2.45, 2.75) is 6.54 Å². The molecule has 0 aliphatic heterocycles. The molecule has 17 heavy (non-hydrogen) atoms. The van der Waals surface area contributed by atoms with Crippen LogP contribution in [0.1, 0.15) is 5.56 Å². The van der Waals surface area contributed by atoms with Gasteiger partial charge in [0.1, 0.15) is 0 Å². The van der Waals surface area contributed by atoms with E-state index in [1.807, 2.05) is 24.1 Å². The summed E-state index contributed by atoms with van der Waals surface area (Å²) in [5.41, 5.74) is 1.88. The molecule has 0 amide bonds. The van der Waals surface area contributed by atoms with Crippen molar-refractivity contribution in [1.82, 2.24) is 15.2 Å². The first-order valence-electron chi connectivity index (χ1n) is 4.95. The SMILES string of the molecule is CN(Cc1ccncc1)c1cc(Cl)nnc1Cl. The number of halogens is 2. The maximum Gasteiger partial charge on any atom is 0.175 e. The van der Waals surface area contributed by atoms with Gasteiger partial charge in [-0.25, -0.2) is 0 Å². The standard InChI is InChI=1S/C11H10Cl2N4/c1-17(7-8-2-4-14-5-3-8)9-6-10(12)15-16-11(9)13/h2-6H,7H2,1H3. The smallest absolute Gasteiger partial charge is 0.175 e. The molecule has 0 bridgehead atoms. The van der Waals surface area contributed by atoms with E-state index >= 15 is 0 Å². The van der Waals surface area contributed by atoms with E-state index in [0.717, 1.165) is 11.3 Å². The Morgan fingerprint density at radius 3 is 2.59 bits per heavy atom. The summed E-state index contributed by atoms with van der Waals surface area (Å²) >= 11 is 11.8. The van der Waals surface area contributed by atoms with Crippen molar-refractivity contribution >= 4 is 28.9 Å². The third kappa shape index (κ3) is 3.05. The summed E-state index contributed by atoms with van der Waals surface area (Å²) in [6.07, 6.45) is 3.51. The fourth-order valence-corrected chi connectivity index (χ4v) is 1.84. The number of anilines is 1. The van der Waals surface area contributed by atoms with Gasteiger partial charge in [0, 0.05) is 32.1 Å². The number of aromatic nitrogens is 3. The molecule has 2 aromatic rings. The molecule has 0 atom stereocenters. The van der Waals surface area contributed by atoms with Gasteiger partial charge in [-0.15, -0.1) is 10.2 Å². The summed E-state index contributed by atoms with van der Waals surface area (Å²) < 4.78 is 0. The highest BCUT2D eigenvalue weighted by atomic mass is 35.5. The number of nitrogens with zero attached hydrogens (tertiary/aromatic N) is 4. The van der Waals surface area contributed by atoms with Crippen LogP contribution in [0.15, 0.2) is 30.6 Å². The summed E-state index contributed by atoms with van der Waals surface area (Å²) in [4.78, 5) is 5.93. The third-order valence-electron chi connectivity index (χ3n) is 2.28. The lowest BCUT2D eigenvalue weighted by Gasteiger charge is -2.19. The number of hydrogen-bond acceptors (Lipinski definition) is 4. The second kappa shape index (κ2) is 5.29. The highest BCUT2D eigenvalue weighted by Gasteiger charge is 2.09. The summed E-state index contributed by atoms with van der Waals surface area (Å²) in [7, 11) is 1.92. The Labute approximate surface area is 109 Å². The molecule has 0 N–H and O–H groups in total. The molecule has 88 valence electrons. The van der Waals surface area contributed by atoms with E-state index in [1.54, 1.807) is 18.5 Å². The van der Waals surface area contributed by atoms with E-state index in [-0.39, 0.29) is 0 Å². The molecule has 0 unspecified atom stereocenters. The van der Waals surface area contributed by atoms with Crippen LogP contribution in [0.25, 0.3) is 0 Å². The molecular formula is C11H10Cl2N4. The van der Waals surface area contributed by atoms with Crippen molar-refractivity contribution in [3.63, 3.8) is 0 Å². The monoisotopic (exact) mass is 268 g/mol. The molecule has 2 rings (SSSR count). The Hall–Kier alpha value is -1.39. The van der Waals surface area contributed by atoms with Crippen LogP contribution in [-0.4, -0.2) is 22.2 Å². The Kier molecular flexibility index (Phi) is 3.76. The molecule has 2 heterocycles. The third-order valence-corrected chi connectivity index (χ3v) is 2.73. The van der Waals surface area contributed by atoms with Gasteiger partial charge in [0.2, 0.25) is 0 Å². The zero-order chi connectivity index (χ0) is 12.3. The van der Waals surface area contributed by atoms with Crippen LogP contribution >= 0.6 is 23.2 Å². The van der Waals surface area contributed by atoms with Gasteiger partial charge in [0.25, 0.3) is 0 Å². The van der Waals surface area contributed by atoms with E-state index in [9.17, 15) is 0 Å². The Morgan fingerprint density at radius 2 is 1.88 bits per heavy atom. The molecular weight excluding hydrogens is 259 g/mol. The zero-order valence-corrected chi connectivity index (χ0v) is 10.7. The lowest BCUT2D eigenvalue weighted by molar-refractivity contribution is 0.901. The molecule has 0 fully saturated rings. The molecule has 0 spiro atoms. The number of hydrogen-bond donors (Lipinski definition) is 0. The molecule has 6 heteroatoms. The Morgan fingerprint density at radius 1 is 1.18 bits per heavy atom. The predicted octanol–water partition coefficient (Wildman–Crippen LogP) is 2.81. The van der Waals surface area contributed by atoms with Crippen molar-refractivity contribution in [2.75, 3.05) is 11.9 Å². The van der Waals surface area contributed by atoms with Gasteiger partial charge in [-0.3, -0.25) is 4.98 Å². The quantitative estimate of drug-likeness (QED) is 0.859. The molecule has 0 aliphatic rings. The zero-order valence-electron chi connectivity index (χ0n) is 9.14. The normalized spacial score (nSPS) is 10.3. The van der Waals surface area contributed by atoms with Crippen LogP contribution in [-0.2, 0) is 6.54 Å². The largest absolute Gasteiger partial charge is 0.368 e. The van der Waals surface area contributed by atoms with Crippen molar-refractivity contribution in [2.24, 2.45) is 0 Å². The van der Waals surface area contributed by atoms with Gasteiger partial charge in [-0.1, -0.05) is 23.2 Å². The Bertz CT molecular complexity index is 504. The first-order chi connectivity index (χ1) is 8.16. The lowest BCUT2D eigenvalue weighted by Crippen LogP contribution is -2.17. The molecule has 0 saturated heterocycles. The minimum atomic E-state index is 0.325. The molecule has 0 aromatic carbocycles. The van der Waals surface area contributed by atoms with Gasteiger partial charge in [-0.05, 0) is 17.7 Å². The second-order valence-corrected chi connectivity index (χ2v) is 4.30. The van der Waals surface area contributed by atoms with E-state index in [4.69, 9.17) is 23.2 Å². The first kappa shape index (κ1) is 12.1. The van der Waals surface area contributed by atoms with Gasteiger partial charge < -0.3 is 4.90 Å². The fourth-order valence-electron chi connectivity index (χ4n) is 1.46. The number of rotatable bonds is 3. The van der Waals surface area contributed by atoms with Crippen LogP contribution in [0.4, 0.5) is 5.69 Å². The molecule has 0 radical (unpaired) electrons. The predicted molar refractivity (Wildman–Crippen MR) is 68.4 cm³/mol. The van der Waals surface area contributed by atoms with Crippen LogP contribution < -0.4 is 4.90 Å². The maximum absolute atomic E-state index is 5.97. The summed E-state index contributed by atoms with van der Waals surface area (Å²) in [6, 6.07) is 5.58. The van der Waals surface area contributed by atoms with Crippen LogP contribution in [0.3, 0.4) is 0 Å². The highest BCUT2D eigenvalue weighted by Crippen LogP contribution is 2.25. The maximum atomic E-state index is 5.97. The fraction of sp³-hybridized carbons (Fsp3) is 0.182. The summed E-state index contributed by atoms with van der Waals surface area (Å²) in [5.74, 6) is 0. The molecule has 4 nitrogen and oxygen atoms in total. The van der Waals surface area contributed by atoms with Crippen molar-refractivity contribution in [3.8, 4) is 0 Å². The Balaban J connectivity index is 2.20. The average molecular weight is 269 g/mol. The van der Waals surface area contributed by atoms with E-state index in [0.29, 0.717) is 16.9 Å². The van der Waals surface area contributed by atoms with Gasteiger partial charge >= 0.3 is 0 Å². The first-order valence-corrected chi connectivity index (χ1v) is 5.71.